The van der Waals surface area contributed by atoms with Crippen molar-refractivity contribution in [1.29, 1.82) is 0 Å². The van der Waals surface area contributed by atoms with Crippen molar-refractivity contribution in [3.05, 3.63) is 35.6 Å². The molecule has 20 heavy (non-hydrogen) atoms. The van der Waals surface area contributed by atoms with E-state index in [4.69, 9.17) is 5.11 Å². The zero-order chi connectivity index (χ0) is 14.4. The van der Waals surface area contributed by atoms with Crippen molar-refractivity contribution in [2.45, 2.75) is 32.4 Å². The van der Waals surface area contributed by atoms with E-state index in [2.05, 4.69) is 17.1 Å². The first kappa shape index (κ1) is 15.4. The van der Waals surface area contributed by atoms with E-state index < -0.39 is 0 Å². The van der Waals surface area contributed by atoms with Crippen molar-refractivity contribution in [3.8, 4) is 0 Å². The molecule has 1 aromatic carbocycles. The molecule has 0 saturated carbocycles. The Kier molecular flexibility index (Phi) is 5.95. The third-order valence-corrected chi connectivity index (χ3v) is 3.86. The van der Waals surface area contributed by atoms with Gasteiger partial charge in [0.2, 0.25) is 0 Å². The minimum atomic E-state index is -0.115. The number of rotatable bonds is 6. The van der Waals surface area contributed by atoms with Crippen LogP contribution in [0.5, 0.6) is 0 Å². The number of halogens is 1. The van der Waals surface area contributed by atoms with Crippen LogP contribution >= 0.6 is 0 Å². The van der Waals surface area contributed by atoms with Crippen LogP contribution in [-0.4, -0.2) is 42.3 Å². The Labute approximate surface area is 120 Å². The van der Waals surface area contributed by atoms with Gasteiger partial charge < -0.3 is 10.4 Å². The Morgan fingerprint density at radius 1 is 1.35 bits per heavy atom. The summed E-state index contributed by atoms with van der Waals surface area (Å²) in [6.45, 7) is 5.97. The van der Waals surface area contributed by atoms with E-state index in [0.717, 1.165) is 38.0 Å². The number of aliphatic hydroxyl groups is 1. The van der Waals surface area contributed by atoms with E-state index in [1.54, 1.807) is 6.07 Å². The summed E-state index contributed by atoms with van der Waals surface area (Å²) in [5.41, 5.74) is 0.774. The molecule has 2 atom stereocenters. The molecule has 4 heteroatoms. The van der Waals surface area contributed by atoms with Gasteiger partial charge in [0.1, 0.15) is 5.82 Å². The van der Waals surface area contributed by atoms with Gasteiger partial charge in [-0.05, 0) is 31.4 Å². The number of hydrogen-bond donors (Lipinski definition) is 2. The number of likely N-dealkylation sites (tertiary alicyclic amines) is 1. The summed E-state index contributed by atoms with van der Waals surface area (Å²) in [6.07, 6.45) is 1.94. The molecule has 2 unspecified atom stereocenters. The molecule has 2 N–H and O–H groups in total. The highest BCUT2D eigenvalue weighted by Crippen LogP contribution is 2.19. The van der Waals surface area contributed by atoms with E-state index in [9.17, 15) is 4.39 Å². The molecule has 1 aliphatic rings. The molecule has 1 aromatic rings. The Morgan fingerprint density at radius 3 is 2.90 bits per heavy atom. The predicted molar refractivity (Wildman–Crippen MR) is 79.0 cm³/mol. The molecule has 0 radical (unpaired) electrons. The van der Waals surface area contributed by atoms with Gasteiger partial charge in [0.25, 0.3) is 0 Å². The summed E-state index contributed by atoms with van der Waals surface area (Å²) in [4.78, 5) is 2.32. The number of hydrogen-bond acceptors (Lipinski definition) is 3. The summed E-state index contributed by atoms with van der Waals surface area (Å²) in [6, 6.07) is 7.46. The van der Waals surface area contributed by atoms with Gasteiger partial charge in [-0.1, -0.05) is 25.1 Å². The van der Waals surface area contributed by atoms with Gasteiger partial charge in [-0.25, -0.2) is 4.39 Å². The summed E-state index contributed by atoms with van der Waals surface area (Å²) in [5, 5.41) is 12.3. The zero-order valence-corrected chi connectivity index (χ0v) is 12.2. The van der Waals surface area contributed by atoms with Crippen LogP contribution in [0.3, 0.4) is 0 Å². The van der Waals surface area contributed by atoms with Crippen molar-refractivity contribution >= 4 is 0 Å². The first-order valence-electron chi connectivity index (χ1n) is 7.49. The molecule has 3 nitrogen and oxygen atoms in total. The van der Waals surface area contributed by atoms with Gasteiger partial charge in [0.15, 0.2) is 0 Å². The fourth-order valence-electron chi connectivity index (χ4n) is 2.99. The molecule has 1 aliphatic heterocycles. The lowest BCUT2D eigenvalue weighted by molar-refractivity contribution is 0.140. The predicted octanol–water partition coefficient (Wildman–Crippen LogP) is 2.01. The smallest absolute Gasteiger partial charge is 0.127 e. The highest BCUT2D eigenvalue weighted by Gasteiger charge is 2.24. The topological polar surface area (TPSA) is 35.5 Å². The number of nitrogens with zero attached hydrogens (tertiary/aromatic N) is 1. The van der Waals surface area contributed by atoms with Crippen LogP contribution in [0.25, 0.3) is 0 Å². The fraction of sp³-hybridized carbons (Fsp3) is 0.625. The molecule has 1 heterocycles. The minimum absolute atomic E-state index is 0.115. The van der Waals surface area contributed by atoms with Gasteiger partial charge in [-0.3, -0.25) is 4.90 Å². The van der Waals surface area contributed by atoms with Crippen LogP contribution in [0, 0.1) is 11.7 Å². The van der Waals surface area contributed by atoms with Crippen molar-refractivity contribution in [2.75, 3.05) is 26.2 Å². The lowest BCUT2D eigenvalue weighted by Gasteiger charge is -2.37. The quantitative estimate of drug-likeness (QED) is 0.783. The van der Waals surface area contributed by atoms with E-state index >= 15 is 0 Å². The van der Waals surface area contributed by atoms with Crippen LogP contribution in [0.1, 0.15) is 25.3 Å². The maximum Gasteiger partial charge on any atom is 0.127 e. The molecule has 112 valence electrons. The Morgan fingerprint density at radius 2 is 2.15 bits per heavy atom. The summed E-state index contributed by atoms with van der Waals surface area (Å²) in [7, 11) is 0. The van der Waals surface area contributed by atoms with Crippen LogP contribution in [0.2, 0.25) is 0 Å². The Balaban J connectivity index is 1.89. The van der Waals surface area contributed by atoms with Gasteiger partial charge >= 0.3 is 0 Å². The second-order valence-electron chi connectivity index (χ2n) is 5.85. The normalized spacial score (nSPS) is 23.9. The minimum Gasteiger partial charge on any atom is -0.396 e. The summed E-state index contributed by atoms with van der Waals surface area (Å²) in [5.74, 6) is 0.498. The average molecular weight is 280 g/mol. The molecule has 0 aliphatic carbocycles. The molecule has 1 fully saturated rings. The standard InChI is InChI=1S/C16H25FN2O/c1-13-9-15(18-7-4-8-20)12-19(10-13)11-14-5-2-3-6-16(14)17/h2-3,5-6,13,15,18,20H,4,7-12H2,1H3. The lowest BCUT2D eigenvalue weighted by atomic mass is 9.95. The SMILES string of the molecule is CC1CC(NCCCO)CN(Cc2ccccc2F)C1. The van der Waals surface area contributed by atoms with Crippen LogP contribution in [0.15, 0.2) is 24.3 Å². The second kappa shape index (κ2) is 7.72. The van der Waals surface area contributed by atoms with Crippen molar-refractivity contribution in [3.63, 3.8) is 0 Å². The molecule has 1 saturated heterocycles. The monoisotopic (exact) mass is 280 g/mol. The number of piperidine rings is 1. The maximum absolute atomic E-state index is 13.7. The zero-order valence-electron chi connectivity index (χ0n) is 12.2. The largest absolute Gasteiger partial charge is 0.396 e. The van der Waals surface area contributed by atoms with Gasteiger partial charge in [0, 0.05) is 37.8 Å². The molecule has 0 amide bonds. The summed E-state index contributed by atoms with van der Waals surface area (Å²) < 4.78 is 13.7. The molecule has 2 rings (SSSR count). The van der Waals surface area contributed by atoms with Gasteiger partial charge in [-0.2, -0.15) is 0 Å². The van der Waals surface area contributed by atoms with Crippen molar-refractivity contribution in [2.24, 2.45) is 5.92 Å². The lowest BCUT2D eigenvalue weighted by Crippen LogP contribution is -2.48. The van der Waals surface area contributed by atoms with E-state index in [0.29, 0.717) is 18.5 Å². The van der Waals surface area contributed by atoms with Gasteiger partial charge in [0.05, 0.1) is 0 Å². The maximum atomic E-state index is 13.7. The Hall–Kier alpha value is -0.970. The number of nitrogens with one attached hydrogen (secondary N) is 1. The first-order valence-corrected chi connectivity index (χ1v) is 7.49. The molecule has 0 bridgehead atoms. The number of aliphatic hydroxyl groups excluding tert-OH is 1. The molecule has 0 aromatic heterocycles. The van der Waals surface area contributed by atoms with E-state index in [1.807, 2.05) is 12.1 Å². The van der Waals surface area contributed by atoms with Crippen LogP contribution < -0.4 is 5.32 Å². The third kappa shape index (κ3) is 4.54. The van der Waals surface area contributed by atoms with Crippen molar-refractivity contribution < 1.29 is 9.50 Å². The molecular formula is C16H25FN2O. The van der Waals surface area contributed by atoms with E-state index in [-0.39, 0.29) is 12.4 Å². The highest BCUT2D eigenvalue weighted by molar-refractivity contribution is 5.17. The van der Waals surface area contributed by atoms with Gasteiger partial charge in [-0.15, -0.1) is 0 Å². The van der Waals surface area contributed by atoms with Crippen LogP contribution in [0.4, 0.5) is 4.39 Å². The second-order valence-corrected chi connectivity index (χ2v) is 5.85. The van der Waals surface area contributed by atoms with Crippen molar-refractivity contribution in [1.82, 2.24) is 10.2 Å². The van der Waals surface area contributed by atoms with E-state index in [1.165, 1.54) is 6.07 Å². The first-order chi connectivity index (χ1) is 9.69. The molecular weight excluding hydrogens is 255 g/mol. The third-order valence-electron chi connectivity index (χ3n) is 3.86. The Bertz CT molecular complexity index is 413. The highest BCUT2D eigenvalue weighted by atomic mass is 19.1. The number of benzene rings is 1. The average Bonchev–Trinajstić information content (AvgIpc) is 2.41. The molecule has 0 spiro atoms. The fourth-order valence-corrected chi connectivity index (χ4v) is 2.99. The van der Waals surface area contributed by atoms with Crippen LogP contribution in [-0.2, 0) is 6.54 Å². The summed E-state index contributed by atoms with van der Waals surface area (Å²) >= 11 is 0.